The average molecular weight is 304 g/mol. The van der Waals surface area contributed by atoms with Gasteiger partial charge in [0.05, 0.1) is 6.54 Å². The van der Waals surface area contributed by atoms with E-state index in [4.69, 9.17) is 0 Å². The second-order valence-corrected chi connectivity index (χ2v) is 6.78. The lowest BCUT2D eigenvalue weighted by Gasteiger charge is -2.36. The molecule has 4 heteroatoms. The second-order valence-electron chi connectivity index (χ2n) is 6.78. The lowest BCUT2D eigenvalue weighted by atomic mass is 9.97. The number of aryl methyl sites for hydroxylation is 1. The monoisotopic (exact) mass is 304 g/mol. The average Bonchev–Trinajstić information content (AvgIpc) is 2.52. The number of hydrogen-bond acceptors (Lipinski definition) is 2. The number of rotatable bonds is 2. The standard InChI is InChI=1S/C18H25FN2O/c1-13-7-10-20(11-8-13)17(22)12-21-9-3-4-15-16(19)6-5-14(2)18(15)21/h5-6,13H,3-4,7-12H2,1-2H3. The first kappa shape index (κ1) is 15.3. The summed E-state index contributed by atoms with van der Waals surface area (Å²) in [6.07, 6.45) is 3.87. The molecule has 0 atom stereocenters. The minimum Gasteiger partial charge on any atom is -0.362 e. The van der Waals surface area contributed by atoms with Gasteiger partial charge >= 0.3 is 0 Å². The van der Waals surface area contributed by atoms with Gasteiger partial charge in [0.2, 0.25) is 5.91 Å². The van der Waals surface area contributed by atoms with Crippen molar-refractivity contribution in [3.8, 4) is 0 Å². The number of hydrogen-bond donors (Lipinski definition) is 0. The summed E-state index contributed by atoms with van der Waals surface area (Å²) in [6.45, 7) is 7.20. The number of nitrogens with zero attached hydrogens (tertiary/aromatic N) is 2. The van der Waals surface area contributed by atoms with Crippen molar-refractivity contribution in [1.29, 1.82) is 0 Å². The molecule has 2 aliphatic rings. The quantitative estimate of drug-likeness (QED) is 0.838. The van der Waals surface area contributed by atoms with E-state index >= 15 is 0 Å². The van der Waals surface area contributed by atoms with Gasteiger partial charge in [-0.05, 0) is 50.2 Å². The molecule has 0 unspecified atom stereocenters. The van der Waals surface area contributed by atoms with E-state index in [1.807, 2.05) is 17.9 Å². The van der Waals surface area contributed by atoms with Crippen LogP contribution in [0.5, 0.6) is 0 Å². The highest BCUT2D eigenvalue weighted by molar-refractivity contribution is 5.82. The molecule has 0 bridgehead atoms. The Labute approximate surface area is 132 Å². The molecule has 0 saturated carbocycles. The highest BCUT2D eigenvalue weighted by Crippen LogP contribution is 2.32. The van der Waals surface area contributed by atoms with Crippen molar-refractivity contribution in [2.75, 3.05) is 31.1 Å². The maximum absolute atomic E-state index is 14.0. The van der Waals surface area contributed by atoms with E-state index in [-0.39, 0.29) is 11.7 Å². The molecular formula is C18H25FN2O. The number of piperidine rings is 1. The Bertz CT molecular complexity index is 564. The molecule has 0 N–H and O–H groups in total. The SMILES string of the molecule is Cc1ccc(F)c2c1N(CC(=O)N1CCC(C)CC1)CCC2. The van der Waals surface area contributed by atoms with Crippen molar-refractivity contribution >= 4 is 11.6 Å². The van der Waals surface area contributed by atoms with Gasteiger partial charge in [-0.2, -0.15) is 0 Å². The number of benzene rings is 1. The maximum Gasteiger partial charge on any atom is 0.242 e. The molecule has 1 fully saturated rings. The first-order chi connectivity index (χ1) is 10.6. The Hall–Kier alpha value is -1.58. The van der Waals surface area contributed by atoms with E-state index in [1.54, 1.807) is 6.07 Å². The highest BCUT2D eigenvalue weighted by atomic mass is 19.1. The van der Waals surface area contributed by atoms with Gasteiger partial charge < -0.3 is 9.80 Å². The van der Waals surface area contributed by atoms with Gasteiger partial charge in [-0.1, -0.05) is 13.0 Å². The molecule has 0 radical (unpaired) electrons. The molecule has 22 heavy (non-hydrogen) atoms. The number of fused-ring (bicyclic) bond motifs is 1. The van der Waals surface area contributed by atoms with Crippen LogP contribution < -0.4 is 4.90 Å². The summed E-state index contributed by atoms with van der Waals surface area (Å²) < 4.78 is 14.0. The third kappa shape index (κ3) is 2.96. The minimum atomic E-state index is -0.135. The molecule has 2 heterocycles. The number of halogens is 1. The van der Waals surface area contributed by atoms with Gasteiger partial charge in [0, 0.05) is 30.9 Å². The third-order valence-corrected chi connectivity index (χ3v) is 5.06. The predicted octanol–water partition coefficient (Wildman–Crippen LogP) is 3.15. The summed E-state index contributed by atoms with van der Waals surface area (Å²) in [5.74, 6) is 0.768. The summed E-state index contributed by atoms with van der Waals surface area (Å²) >= 11 is 0. The van der Waals surface area contributed by atoms with Gasteiger partial charge in [0.1, 0.15) is 5.82 Å². The number of likely N-dealkylation sites (tertiary alicyclic amines) is 1. The first-order valence-corrected chi connectivity index (χ1v) is 8.37. The molecule has 3 nitrogen and oxygen atoms in total. The molecule has 1 saturated heterocycles. The molecule has 1 aromatic carbocycles. The lowest BCUT2D eigenvalue weighted by molar-refractivity contribution is -0.131. The first-order valence-electron chi connectivity index (χ1n) is 8.37. The van der Waals surface area contributed by atoms with Gasteiger partial charge in [0.25, 0.3) is 0 Å². The van der Waals surface area contributed by atoms with Crippen LogP contribution in [0.2, 0.25) is 0 Å². The molecule has 2 aliphatic heterocycles. The number of amides is 1. The number of carbonyl (C=O) groups excluding carboxylic acids is 1. The van der Waals surface area contributed by atoms with Crippen LogP contribution in [0, 0.1) is 18.7 Å². The lowest BCUT2D eigenvalue weighted by Crippen LogP contribution is -2.45. The van der Waals surface area contributed by atoms with Crippen LogP contribution in [0.15, 0.2) is 12.1 Å². The molecular weight excluding hydrogens is 279 g/mol. The fraction of sp³-hybridized carbons (Fsp3) is 0.611. The van der Waals surface area contributed by atoms with Gasteiger partial charge in [-0.3, -0.25) is 4.79 Å². The largest absolute Gasteiger partial charge is 0.362 e. The Balaban J connectivity index is 1.75. The Morgan fingerprint density at radius 3 is 2.73 bits per heavy atom. The van der Waals surface area contributed by atoms with Crippen LogP contribution in [-0.4, -0.2) is 37.0 Å². The molecule has 120 valence electrons. The number of carbonyl (C=O) groups is 1. The third-order valence-electron chi connectivity index (χ3n) is 5.06. The summed E-state index contributed by atoms with van der Waals surface area (Å²) in [7, 11) is 0. The smallest absolute Gasteiger partial charge is 0.242 e. The zero-order chi connectivity index (χ0) is 15.7. The molecule has 3 rings (SSSR count). The Kier molecular flexibility index (Phi) is 4.37. The van der Waals surface area contributed by atoms with Crippen LogP contribution in [-0.2, 0) is 11.2 Å². The molecule has 0 aliphatic carbocycles. The van der Waals surface area contributed by atoms with Crippen LogP contribution in [0.1, 0.15) is 37.3 Å². The van der Waals surface area contributed by atoms with Crippen molar-refractivity contribution in [2.45, 2.75) is 39.5 Å². The van der Waals surface area contributed by atoms with E-state index in [2.05, 4.69) is 11.8 Å². The van der Waals surface area contributed by atoms with Crippen LogP contribution in [0.4, 0.5) is 10.1 Å². The number of anilines is 1. The van der Waals surface area contributed by atoms with Crippen molar-refractivity contribution in [3.05, 3.63) is 29.1 Å². The van der Waals surface area contributed by atoms with Crippen molar-refractivity contribution in [3.63, 3.8) is 0 Å². The van der Waals surface area contributed by atoms with Crippen LogP contribution in [0.3, 0.4) is 0 Å². The zero-order valence-corrected chi connectivity index (χ0v) is 13.6. The molecule has 1 amide bonds. The van der Waals surface area contributed by atoms with E-state index in [9.17, 15) is 9.18 Å². The Morgan fingerprint density at radius 2 is 2.00 bits per heavy atom. The minimum absolute atomic E-state index is 0.135. The molecule has 0 spiro atoms. The van der Waals surface area contributed by atoms with Crippen LogP contribution >= 0.6 is 0 Å². The van der Waals surface area contributed by atoms with E-state index in [1.165, 1.54) is 0 Å². The van der Waals surface area contributed by atoms with Crippen molar-refractivity contribution in [1.82, 2.24) is 4.90 Å². The van der Waals surface area contributed by atoms with Crippen molar-refractivity contribution in [2.24, 2.45) is 5.92 Å². The topological polar surface area (TPSA) is 23.6 Å². The van der Waals surface area contributed by atoms with E-state index in [0.717, 1.165) is 68.0 Å². The summed E-state index contributed by atoms with van der Waals surface area (Å²) in [6, 6.07) is 3.37. The van der Waals surface area contributed by atoms with Crippen LogP contribution in [0.25, 0.3) is 0 Å². The normalized spacial score (nSPS) is 19.2. The van der Waals surface area contributed by atoms with Gasteiger partial charge in [-0.25, -0.2) is 4.39 Å². The summed E-state index contributed by atoms with van der Waals surface area (Å²) in [5.41, 5.74) is 2.80. The summed E-state index contributed by atoms with van der Waals surface area (Å²) in [5, 5.41) is 0. The molecule has 1 aromatic rings. The predicted molar refractivity (Wildman–Crippen MR) is 86.6 cm³/mol. The van der Waals surface area contributed by atoms with Gasteiger partial charge in [0.15, 0.2) is 0 Å². The summed E-state index contributed by atoms with van der Waals surface area (Å²) in [4.78, 5) is 16.6. The fourth-order valence-corrected chi connectivity index (χ4v) is 3.64. The van der Waals surface area contributed by atoms with Gasteiger partial charge in [-0.15, -0.1) is 0 Å². The second kappa shape index (κ2) is 6.27. The highest BCUT2D eigenvalue weighted by Gasteiger charge is 2.26. The maximum atomic E-state index is 14.0. The fourth-order valence-electron chi connectivity index (χ4n) is 3.64. The van der Waals surface area contributed by atoms with E-state index < -0.39 is 0 Å². The Morgan fingerprint density at radius 1 is 1.27 bits per heavy atom. The zero-order valence-electron chi connectivity index (χ0n) is 13.6. The molecule has 0 aromatic heterocycles. The van der Waals surface area contributed by atoms with Crippen molar-refractivity contribution < 1.29 is 9.18 Å². The van der Waals surface area contributed by atoms with E-state index in [0.29, 0.717) is 6.54 Å².